The lowest BCUT2D eigenvalue weighted by atomic mass is 10.1. The average molecular weight is 420 g/mol. The van der Waals surface area contributed by atoms with E-state index in [0.29, 0.717) is 6.54 Å². The largest absolute Gasteiger partial charge is 0.369 e. The molecule has 2 aromatic rings. The van der Waals surface area contributed by atoms with Crippen LogP contribution in [0.3, 0.4) is 0 Å². The fraction of sp³-hybridized carbons (Fsp3) is 0.350. The van der Waals surface area contributed by atoms with E-state index in [4.69, 9.17) is 0 Å². The second-order valence-corrected chi connectivity index (χ2v) is 7.50. The Labute approximate surface area is 162 Å². The lowest BCUT2D eigenvalue weighted by Crippen LogP contribution is -2.49. The molecule has 0 radical (unpaired) electrons. The molecule has 0 unspecified atom stereocenters. The minimum atomic E-state index is -0.219. The summed E-state index contributed by atoms with van der Waals surface area (Å²) in [5.74, 6) is -0.181. The molecule has 0 spiro atoms. The summed E-state index contributed by atoms with van der Waals surface area (Å²) in [7, 11) is 0. The highest BCUT2D eigenvalue weighted by molar-refractivity contribution is 9.10. The standard InChI is InChI=1S/C20H23BrFN3O/c1-15(16-2-4-17(21)5-3-16)23-20(26)14-24-10-12-25(13-11-24)19-8-6-18(22)7-9-19/h2-9,15H,10-14H2,1H3,(H,23,26)/t15-/m0/s1. The van der Waals surface area contributed by atoms with Crippen LogP contribution in [0, 0.1) is 5.82 Å². The third-order valence-electron chi connectivity index (χ3n) is 4.68. The molecule has 138 valence electrons. The number of benzene rings is 2. The second kappa shape index (κ2) is 8.64. The van der Waals surface area contributed by atoms with Crippen LogP contribution in [0.2, 0.25) is 0 Å². The van der Waals surface area contributed by atoms with E-state index in [2.05, 4.69) is 31.0 Å². The van der Waals surface area contributed by atoms with Gasteiger partial charge in [0.15, 0.2) is 0 Å². The van der Waals surface area contributed by atoms with Crippen LogP contribution in [0.15, 0.2) is 53.0 Å². The molecule has 3 rings (SSSR count). The van der Waals surface area contributed by atoms with Crippen molar-refractivity contribution in [3.05, 3.63) is 64.4 Å². The Balaban J connectivity index is 1.45. The summed E-state index contributed by atoms with van der Waals surface area (Å²) in [5, 5.41) is 3.06. The van der Waals surface area contributed by atoms with Gasteiger partial charge in [0.25, 0.3) is 0 Å². The van der Waals surface area contributed by atoms with Crippen LogP contribution in [0.4, 0.5) is 10.1 Å². The number of hydrogen-bond acceptors (Lipinski definition) is 3. The number of halogens is 2. The van der Waals surface area contributed by atoms with Gasteiger partial charge < -0.3 is 10.2 Å². The van der Waals surface area contributed by atoms with Crippen LogP contribution in [-0.2, 0) is 4.79 Å². The van der Waals surface area contributed by atoms with E-state index in [1.807, 2.05) is 31.2 Å². The molecule has 6 heteroatoms. The molecule has 0 aromatic heterocycles. The topological polar surface area (TPSA) is 35.6 Å². The third-order valence-corrected chi connectivity index (χ3v) is 5.21. The molecule has 26 heavy (non-hydrogen) atoms. The van der Waals surface area contributed by atoms with Gasteiger partial charge in [-0.2, -0.15) is 0 Å². The lowest BCUT2D eigenvalue weighted by molar-refractivity contribution is -0.123. The molecule has 1 fully saturated rings. The number of amides is 1. The van der Waals surface area contributed by atoms with Crippen molar-refractivity contribution >= 4 is 27.5 Å². The number of anilines is 1. The zero-order chi connectivity index (χ0) is 18.5. The Kier molecular flexibility index (Phi) is 6.27. The van der Waals surface area contributed by atoms with Crippen molar-refractivity contribution in [2.24, 2.45) is 0 Å². The maximum absolute atomic E-state index is 13.0. The summed E-state index contributed by atoms with van der Waals surface area (Å²) in [6, 6.07) is 14.5. The van der Waals surface area contributed by atoms with E-state index < -0.39 is 0 Å². The van der Waals surface area contributed by atoms with Gasteiger partial charge in [0.1, 0.15) is 5.82 Å². The first-order valence-corrected chi connectivity index (χ1v) is 9.58. The molecule has 0 bridgehead atoms. The highest BCUT2D eigenvalue weighted by atomic mass is 79.9. The van der Waals surface area contributed by atoms with Crippen LogP contribution in [0.1, 0.15) is 18.5 Å². The minimum Gasteiger partial charge on any atom is -0.369 e. The predicted molar refractivity (Wildman–Crippen MR) is 106 cm³/mol. The molecule has 0 saturated carbocycles. The van der Waals surface area contributed by atoms with E-state index in [1.165, 1.54) is 12.1 Å². The van der Waals surface area contributed by atoms with E-state index in [1.54, 1.807) is 12.1 Å². The normalized spacial score (nSPS) is 16.3. The summed E-state index contributed by atoms with van der Waals surface area (Å²) in [4.78, 5) is 16.7. The van der Waals surface area contributed by atoms with Crippen molar-refractivity contribution in [2.75, 3.05) is 37.6 Å². The fourth-order valence-electron chi connectivity index (χ4n) is 3.14. The quantitative estimate of drug-likeness (QED) is 0.803. The zero-order valence-electron chi connectivity index (χ0n) is 14.8. The first kappa shape index (κ1) is 18.9. The Bertz CT molecular complexity index is 728. The van der Waals surface area contributed by atoms with Gasteiger partial charge >= 0.3 is 0 Å². The molecule has 1 amide bonds. The van der Waals surface area contributed by atoms with Gasteiger partial charge in [-0.25, -0.2) is 4.39 Å². The number of piperazine rings is 1. The van der Waals surface area contributed by atoms with Gasteiger partial charge in [-0.1, -0.05) is 28.1 Å². The molecule has 4 nitrogen and oxygen atoms in total. The first-order chi connectivity index (χ1) is 12.5. The van der Waals surface area contributed by atoms with Crippen molar-refractivity contribution in [1.29, 1.82) is 0 Å². The van der Waals surface area contributed by atoms with Crippen molar-refractivity contribution in [3.8, 4) is 0 Å². The van der Waals surface area contributed by atoms with E-state index >= 15 is 0 Å². The SMILES string of the molecule is C[C@H](NC(=O)CN1CCN(c2ccc(F)cc2)CC1)c1ccc(Br)cc1. The first-order valence-electron chi connectivity index (χ1n) is 8.79. The smallest absolute Gasteiger partial charge is 0.234 e. The summed E-state index contributed by atoms with van der Waals surface area (Å²) in [5.41, 5.74) is 2.11. The minimum absolute atomic E-state index is 0.0175. The maximum atomic E-state index is 13.0. The number of nitrogens with one attached hydrogen (secondary N) is 1. The number of carbonyl (C=O) groups excluding carboxylic acids is 1. The van der Waals surface area contributed by atoms with Gasteiger partial charge in [0.2, 0.25) is 5.91 Å². The molecule has 1 atom stereocenters. The van der Waals surface area contributed by atoms with Crippen LogP contribution in [-0.4, -0.2) is 43.5 Å². The third kappa shape index (κ3) is 5.05. The van der Waals surface area contributed by atoms with Crippen molar-refractivity contribution in [3.63, 3.8) is 0 Å². The van der Waals surface area contributed by atoms with Gasteiger partial charge in [0.05, 0.1) is 12.6 Å². The van der Waals surface area contributed by atoms with E-state index in [9.17, 15) is 9.18 Å². The Morgan fingerprint density at radius 2 is 1.69 bits per heavy atom. The van der Waals surface area contributed by atoms with Crippen molar-refractivity contribution in [1.82, 2.24) is 10.2 Å². The van der Waals surface area contributed by atoms with Crippen LogP contribution in [0.5, 0.6) is 0 Å². The van der Waals surface area contributed by atoms with Crippen molar-refractivity contribution < 1.29 is 9.18 Å². The lowest BCUT2D eigenvalue weighted by Gasteiger charge is -2.35. The predicted octanol–water partition coefficient (Wildman–Crippen LogP) is 3.59. The summed E-state index contributed by atoms with van der Waals surface area (Å²) in [6.45, 7) is 5.70. The molecule has 2 aromatic carbocycles. The monoisotopic (exact) mass is 419 g/mol. The average Bonchev–Trinajstić information content (AvgIpc) is 2.63. The molecule has 1 aliphatic heterocycles. The van der Waals surface area contributed by atoms with E-state index in [0.717, 1.165) is 41.9 Å². The molecule has 1 saturated heterocycles. The molecule has 1 aliphatic rings. The number of rotatable bonds is 5. The number of hydrogen-bond donors (Lipinski definition) is 1. The Morgan fingerprint density at radius 3 is 2.31 bits per heavy atom. The maximum Gasteiger partial charge on any atom is 0.234 e. The molecular weight excluding hydrogens is 397 g/mol. The summed E-state index contributed by atoms with van der Waals surface area (Å²) in [6.07, 6.45) is 0. The highest BCUT2D eigenvalue weighted by Gasteiger charge is 2.20. The van der Waals surface area contributed by atoms with Crippen LogP contribution >= 0.6 is 15.9 Å². The zero-order valence-corrected chi connectivity index (χ0v) is 16.4. The second-order valence-electron chi connectivity index (χ2n) is 6.58. The van der Waals surface area contributed by atoms with Gasteiger partial charge in [-0.05, 0) is 48.9 Å². The fourth-order valence-corrected chi connectivity index (χ4v) is 3.41. The number of nitrogens with zero attached hydrogens (tertiary/aromatic N) is 2. The Hall–Kier alpha value is -1.92. The van der Waals surface area contributed by atoms with Crippen molar-refractivity contribution in [2.45, 2.75) is 13.0 Å². The van der Waals surface area contributed by atoms with Crippen LogP contribution in [0.25, 0.3) is 0 Å². The van der Waals surface area contributed by atoms with Crippen LogP contribution < -0.4 is 10.2 Å². The van der Waals surface area contributed by atoms with E-state index in [-0.39, 0.29) is 17.8 Å². The summed E-state index contributed by atoms with van der Waals surface area (Å²) >= 11 is 3.42. The molecule has 0 aliphatic carbocycles. The van der Waals surface area contributed by atoms with Gasteiger partial charge in [-0.15, -0.1) is 0 Å². The Morgan fingerprint density at radius 1 is 1.08 bits per heavy atom. The molecule has 1 N–H and O–H groups in total. The number of carbonyl (C=O) groups is 1. The van der Waals surface area contributed by atoms with Gasteiger partial charge in [0, 0.05) is 36.3 Å². The van der Waals surface area contributed by atoms with Gasteiger partial charge in [-0.3, -0.25) is 9.69 Å². The highest BCUT2D eigenvalue weighted by Crippen LogP contribution is 2.18. The summed E-state index contributed by atoms with van der Waals surface area (Å²) < 4.78 is 14.1. The molecule has 1 heterocycles. The molecular formula is C20H23BrFN3O.